The average molecular weight is 443 g/mol. The van der Waals surface area contributed by atoms with Crippen molar-refractivity contribution in [2.24, 2.45) is 17.3 Å². The van der Waals surface area contributed by atoms with E-state index < -0.39 is 5.60 Å². The van der Waals surface area contributed by atoms with Gasteiger partial charge in [0.05, 0.1) is 6.10 Å². The molecule has 0 amide bonds. The Balaban J connectivity index is 2.03. The number of rotatable bonds is 5. The second-order valence-electron chi connectivity index (χ2n) is 10.3. The first kappa shape index (κ1) is 24.4. The summed E-state index contributed by atoms with van der Waals surface area (Å²) in [6.07, 6.45) is 10.7. The summed E-state index contributed by atoms with van der Waals surface area (Å²) in [6.45, 7) is 16.4. The van der Waals surface area contributed by atoms with Crippen LogP contribution in [0.25, 0.3) is 0 Å². The summed E-state index contributed by atoms with van der Waals surface area (Å²) in [6, 6.07) is 0. The Morgan fingerprint density at radius 2 is 1.97 bits per heavy atom. The third-order valence-electron chi connectivity index (χ3n) is 7.18. The molecule has 5 heteroatoms. The van der Waals surface area contributed by atoms with E-state index >= 15 is 0 Å². The van der Waals surface area contributed by atoms with E-state index in [2.05, 4.69) is 34.3 Å². The molecule has 2 aliphatic heterocycles. The van der Waals surface area contributed by atoms with Crippen LogP contribution in [0.3, 0.4) is 0 Å². The summed E-state index contributed by atoms with van der Waals surface area (Å²) in [5.74, 6) is 1.69. The Morgan fingerprint density at radius 1 is 1.25 bits per heavy atom. The lowest BCUT2D eigenvalue weighted by Gasteiger charge is -2.56. The smallest absolute Gasteiger partial charge is 0.303 e. The zero-order valence-electron chi connectivity index (χ0n) is 20.6. The summed E-state index contributed by atoms with van der Waals surface area (Å²) in [5, 5.41) is 0. The van der Waals surface area contributed by atoms with Crippen molar-refractivity contribution in [2.75, 3.05) is 13.7 Å². The lowest BCUT2D eigenvalue weighted by atomic mass is 9.60. The maximum absolute atomic E-state index is 12.0. The number of hydrogen-bond acceptors (Lipinski definition) is 5. The van der Waals surface area contributed by atoms with Crippen molar-refractivity contribution in [3.8, 4) is 0 Å². The lowest BCUT2D eigenvalue weighted by Crippen LogP contribution is -2.62. The van der Waals surface area contributed by atoms with E-state index in [0.717, 1.165) is 35.5 Å². The molecular weight excluding hydrogens is 404 g/mol. The highest BCUT2D eigenvalue weighted by Gasteiger charge is 2.59. The molecule has 0 saturated heterocycles. The molecule has 0 unspecified atom stereocenters. The highest BCUT2D eigenvalue weighted by atomic mass is 16.6. The molecule has 32 heavy (non-hydrogen) atoms. The third-order valence-corrected chi connectivity index (χ3v) is 7.18. The predicted octanol–water partition coefficient (Wildman–Crippen LogP) is 5.65. The van der Waals surface area contributed by atoms with Gasteiger partial charge in [-0.3, -0.25) is 4.79 Å². The van der Waals surface area contributed by atoms with Crippen LogP contribution in [0, 0.1) is 17.3 Å². The SMILES string of the molecule is C=C/C=C\C=C(/C)C1=CC2=C(CO1)[C@H](OC)[C@@H]1C[C@H](C(C)(C)C)C[C@H](OC(C)=O)[C@@]1(C)O2. The molecule has 5 nitrogen and oxygen atoms in total. The van der Waals surface area contributed by atoms with Crippen molar-refractivity contribution in [3.05, 3.63) is 59.6 Å². The van der Waals surface area contributed by atoms with Gasteiger partial charge >= 0.3 is 5.97 Å². The molecule has 1 aliphatic carbocycles. The minimum atomic E-state index is -0.674. The molecule has 2 heterocycles. The van der Waals surface area contributed by atoms with Gasteiger partial charge in [-0.25, -0.2) is 0 Å². The number of ether oxygens (including phenoxy) is 4. The number of allylic oxidation sites excluding steroid dienone is 6. The zero-order chi connectivity index (χ0) is 23.7. The van der Waals surface area contributed by atoms with Crippen molar-refractivity contribution in [2.45, 2.75) is 72.2 Å². The number of methoxy groups -OCH3 is 1. The molecule has 0 bridgehead atoms. The summed E-state index contributed by atoms with van der Waals surface area (Å²) < 4.78 is 24.7. The van der Waals surface area contributed by atoms with Gasteiger partial charge < -0.3 is 18.9 Å². The van der Waals surface area contributed by atoms with E-state index in [1.54, 1.807) is 13.2 Å². The monoisotopic (exact) mass is 442 g/mol. The highest BCUT2D eigenvalue weighted by Crippen LogP contribution is 2.53. The van der Waals surface area contributed by atoms with Gasteiger partial charge in [0.1, 0.15) is 29.8 Å². The average Bonchev–Trinajstić information content (AvgIpc) is 2.71. The Morgan fingerprint density at radius 3 is 2.56 bits per heavy atom. The molecule has 0 aromatic rings. The van der Waals surface area contributed by atoms with E-state index in [9.17, 15) is 4.79 Å². The second-order valence-corrected chi connectivity index (χ2v) is 10.3. The number of carbonyl (C=O) groups is 1. The molecule has 0 aromatic carbocycles. The van der Waals surface area contributed by atoms with E-state index in [0.29, 0.717) is 12.5 Å². The van der Waals surface area contributed by atoms with Gasteiger partial charge in [0.25, 0.3) is 0 Å². The number of fused-ring (bicyclic) bond motifs is 1. The fourth-order valence-corrected chi connectivity index (χ4v) is 5.18. The third kappa shape index (κ3) is 4.73. The van der Waals surface area contributed by atoms with E-state index in [-0.39, 0.29) is 29.5 Å². The van der Waals surface area contributed by atoms with Crippen LogP contribution in [-0.2, 0) is 23.7 Å². The van der Waals surface area contributed by atoms with Crippen molar-refractivity contribution >= 4 is 5.97 Å². The van der Waals surface area contributed by atoms with Gasteiger partial charge in [-0.1, -0.05) is 51.7 Å². The van der Waals surface area contributed by atoms with Crippen LogP contribution >= 0.6 is 0 Å². The van der Waals surface area contributed by atoms with Crippen LogP contribution in [0.1, 0.15) is 54.4 Å². The molecule has 176 valence electrons. The van der Waals surface area contributed by atoms with Gasteiger partial charge in [0.2, 0.25) is 0 Å². The fraction of sp³-hybridized carbons (Fsp3) is 0.593. The maximum Gasteiger partial charge on any atom is 0.303 e. The van der Waals surface area contributed by atoms with Gasteiger partial charge in [-0.2, -0.15) is 0 Å². The largest absolute Gasteiger partial charge is 0.489 e. The number of hydrogen-bond donors (Lipinski definition) is 0. The van der Waals surface area contributed by atoms with Crippen LogP contribution in [-0.4, -0.2) is 37.5 Å². The molecule has 0 N–H and O–H groups in total. The Hall–Kier alpha value is -2.27. The van der Waals surface area contributed by atoms with Crippen molar-refractivity contribution in [1.29, 1.82) is 0 Å². The highest BCUT2D eigenvalue weighted by molar-refractivity contribution is 5.66. The van der Waals surface area contributed by atoms with Crippen LogP contribution in [0.5, 0.6) is 0 Å². The summed E-state index contributed by atoms with van der Waals surface area (Å²) >= 11 is 0. The molecule has 1 saturated carbocycles. The van der Waals surface area contributed by atoms with Gasteiger partial charge in [0, 0.05) is 31.6 Å². The van der Waals surface area contributed by atoms with Gasteiger partial charge in [-0.05, 0) is 43.6 Å². The normalized spacial score (nSPS) is 33.0. The molecule has 0 aromatic heterocycles. The van der Waals surface area contributed by atoms with Crippen LogP contribution in [0.2, 0.25) is 0 Å². The Bertz CT molecular complexity index is 869. The molecule has 0 spiro atoms. The first-order valence-corrected chi connectivity index (χ1v) is 11.4. The molecule has 3 rings (SSSR count). The quantitative estimate of drug-likeness (QED) is 0.407. The zero-order valence-corrected chi connectivity index (χ0v) is 20.6. The molecule has 0 radical (unpaired) electrons. The van der Waals surface area contributed by atoms with Crippen LogP contribution in [0.4, 0.5) is 0 Å². The van der Waals surface area contributed by atoms with Crippen LogP contribution in [0.15, 0.2) is 59.6 Å². The van der Waals surface area contributed by atoms with Gasteiger partial charge in [-0.15, -0.1) is 0 Å². The predicted molar refractivity (Wildman–Crippen MR) is 126 cm³/mol. The van der Waals surface area contributed by atoms with Crippen molar-refractivity contribution < 1.29 is 23.7 Å². The fourth-order valence-electron chi connectivity index (χ4n) is 5.18. The number of carbonyl (C=O) groups excluding carboxylic acids is 1. The maximum atomic E-state index is 12.0. The standard InChI is InChI=1S/C27H38O5/c1-9-10-11-12-17(2)22-15-23-20(16-30-22)25(29-8)21-13-19(26(4,5)6)14-24(31-18(3)28)27(21,7)32-23/h9-12,15,19,21,24-25H,1,13-14,16H2,2-8H3/b11-10-,17-12+/t19-,21-,24-,25-,27-/m0/s1. The van der Waals surface area contributed by atoms with Crippen molar-refractivity contribution in [1.82, 2.24) is 0 Å². The Kier molecular flexibility index (Phi) is 7.09. The molecule has 1 fully saturated rings. The molecular formula is C27H38O5. The first-order valence-electron chi connectivity index (χ1n) is 11.4. The molecule has 5 atom stereocenters. The first-order chi connectivity index (χ1) is 15.0. The van der Waals surface area contributed by atoms with E-state index in [1.165, 1.54) is 6.92 Å². The minimum Gasteiger partial charge on any atom is -0.489 e. The second kappa shape index (κ2) is 9.30. The summed E-state index contributed by atoms with van der Waals surface area (Å²) in [4.78, 5) is 12.0. The summed E-state index contributed by atoms with van der Waals surface area (Å²) in [7, 11) is 1.74. The van der Waals surface area contributed by atoms with Gasteiger partial charge in [0.15, 0.2) is 0 Å². The summed E-state index contributed by atoms with van der Waals surface area (Å²) in [5.41, 5.74) is 1.42. The lowest BCUT2D eigenvalue weighted by molar-refractivity contribution is -0.212. The minimum absolute atomic E-state index is 0.0549. The van der Waals surface area contributed by atoms with E-state index in [4.69, 9.17) is 18.9 Å². The van der Waals surface area contributed by atoms with Crippen molar-refractivity contribution in [3.63, 3.8) is 0 Å². The van der Waals surface area contributed by atoms with E-state index in [1.807, 2.05) is 31.2 Å². The topological polar surface area (TPSA) is 54.0 Å². The Labute approximate surface area is 192 Å². The number of esters is 1. The molecule has 3 aliphatic rings. The van der Waals surface area contributed by atoms with Crippen LogP contribution < -0.4 is 0 Å².